The SMILES string of the molecule is CNCCC1CCCCN1C(=O)c1cc(Br)cc(Br)c1. The second-order valence-corrected chi connectivity index (χ2v) is 7.03. The number of benzene rings is 1. The fourth-order valence-electron chi connectivity index (χ4n) is 2.72. The van der Waals surface area contributed by atoms with Crippen LogP contribution in [0, 0.1) is 0 Å². The van der Waals surface area contributed by atoms with Crippen molar-refractivity contribution in [1.29, 1.82) is 0 Å². The number of piperidine rings is 1. The molecule has 1 amide bonds. The van der Waals surface area contributed by atoms with E-state index in [0.717, 1.165) is 46.9 Å². The zero-order chi connectivity index (χ0) is 14.5. The van der Waals surface area contributed by atoms with Gasteiger partial charge in [0.1, 0.15) is 0 Å². The first kappa shape index (κ1) is 16.0. The second-order valence-electron chi connectivity index (χ2n) is 5.20. The summed E-state index contributed by atoms with van der Waals surface area (Å²) in [5.41, 5.74) is 0.752. The Labute approximate surface area is 137 Å². The highest BCUT2D eigenvalue weighted by atomic mass is 79.9. The maximum absolute atomic E-state index is 12.7. The molecule has 1 aromatic rings. The fourth-order valence-corrected chi connectivity index (χ4v) is 4.02. The first-order chi connectivity index (χ1) is 9.61. The van der Waals surface area contributed by atoms with Crippen LogP contribution in [0.1, 0.15) is 36.0 Å². The van der Waals surface area contributed by atoms with Crippen LogP contribution in [0.5, 0.6) is 0 Å². The third-order valence-corrected chi connectivity index (χ3v) is 4.64. The van der Waals surface area contributed by atoms with E-state index in [4.69, 9.17) is 0 Å². The minimum Gasteiger partial charge on any atom is -0.336 e. The van der Waals surface area contributed by atoms with Crippen molar-refractivity contribution in [2.24, 2.45) is 0 Å². The lowest BCUT2D eigenvalue weighted by atomic mass is 9.98. The van der Waals surface area contributed by atoms with E-state index in [9.17, 15) is 4.79 Å². The molecule has 1 heterocycles. The molecule has 1 aromatic carbocycles. The largest absolute Gasteiger partial charge is 0.336 e. The monoisotopic (exact) mass is 402 g/mol. The van der Waals surface area contributed by atoms with Crippen LogP contribution in [-0.2, 0) is 0 Å². The lowest BCUT2D eigenvalue weighted by Gasteiger charge is -2.36. The fraction of sp³-hybridized carbons (Fsp3) is 0.533. The number of nitrogens with zero attached hydrogens (tertiary/aromatic N) is 1. The van der Waals surface area contributed by atoms with Crippen LogP contribution in [0.25, 0.3) is 0 Å². The van der Waals surface area contributed by atoms with E-state index in [2.05, 4.69) is 42.1 Å². The number of carbonyl (C=O) groups is 1. The van der Waals surface area contributed by atoms with Crippen LogP contribution in [-0.4, -0.2) is 37.0 Å². The number of hydrogen-bond acceptors (Lipinski definition) is 2. The molecule has 0 radical (unpaired) electrons. The minimum atomic E-state index is 0.146. The summed E-state index contributed by atoms with van der Waals surface area (Å²) in [4.78, 5) is 14.8. The zero-order valence-corrected chi connectivity index (χ0v) is 14.8. The molecule has 3 nitrogen and oxygen atoms in total. The molecule has 2 rings (SSSR count). The van der Waals surface area contributed by atoms with Crippen LogP contribution in [0.4, 0.5) is 0 Å². The Bertz CT molecular complexity index is 459. The van der Waals surface area contributed by atoms with Gasteiger partial charge in [0.15, 0.2) is 0 Å². The summed E-state index contributed by atoms with van der Waals surface area (Å²) in [6.07, 6.45) is 4.47. The Kier molecular flexibility index (Phi) is 6.05. The number of nitrogens with one attached hydrogen (secondary N) is 1. The molecule has 1 unspecified atom stereocenters. The predicted molar refractivity (Wildman–Crippen MR) is 89.1 cm³/mol. The Morgan fingerprint density at radius 1 is 1.30 bits per heavy atom. The Hall–Kier alpha value is -0.390. The Morgan fingerprint density at radius 2 is 2.00 bits per heavy atom. The molecular weight excluding hydrogens is 384 g/mol. The van der Waals surface area contributed by atoms with Gasteiger partial charge >= 0.3 is 0 Å². The summed E-state index contributed by atoms with van der Waals surface area (Å²) in [5, 5.41) is 3.18. The number of rotatable bonds is 4. The molecular formula is C15H20Br2N2O. The number of likely N-dealkylation sites (tertiary alicyclic amines) is 1. The van der Waals surface area contributed by atoms with Crippen molar-refractivity contribution in [2.75, 3.05) is 20.1 Å². The first-order valence-corrected chi connectivity index (χ1v) is 8.62. The van der Waals surface area contributed by atoms with Gasteiger partial charge in [0.25, 0.3) is 5.91 Å². The number of carbonyl (C=O) groups excluding carboxylic acids is 1. The van der Waals surface area contributed by atoms with Gasteiger partial charge in [-0.15, -0.1) is 0 Å². The number of amides is 1. The highest BCUT2D eigenvalue weighted by Gasteiger charge is 2.27. The molecule has 5 heteroatoms. The Balaban J connectivity index is 2.16. The zero-order valence-electron chi connectivity index (χ0n) is 11.7. The van der Waals surface area contributed by atoms with Crippen molar-refractivity contribution in [3.05, 3.63) is 32.7 Å². The van der Waals surface area contributed by atoms with Gasteiger partial charge in [0.05, 0.1) is 0 Å². The van der Waals surface area contributed by atoms with Crippen molar-refractivity contribution in [3.63, 3.8) is 0 Å². The molecule has 1 N–H and O–H groups in total. The summed E-state index contributed by atoms with van der Waals surface area (Å²) in [7, 11) is 1.96. The van der Waals surface area contributed by atoms with Crippen LogP contribution < -0.4 is 5.32 Å². The maximum Gasteiger partial charge on any atom is 0.254 e. The molecule has 1 atom stereocenters. The van der Waals surface area contributed by atoms with Crippen LogP contribution >= 0.6 is 31.9 Å². The van der Waals surface area contributed by atoms with Gasteiger partial charge in [-0.05, 0) is 57.5 Å². The van der Waals surface area contributed by atoms with Gasteiger partial charge in [0, 0.05) is 27.1 Å². The average Bonchev–Trinajstić information content (AvgIpc) is 2.43. The van der Waals surface area contributed by atoms with E-state index in [-0.39, 0.29) is 5.91 Å². The van der Waals surface area contributed by atoms with Gasteiger partial charge in [-0.25, -0.2) is 0 Å². The van der Waals surface area contributed by atoms with Gasteiger partial charge < -0.3 is 10.2 Å². The molecule has 0 aromatic heterocycles. The molecule has 1 aliphatic heterocycles. The van der Waals surface area contributed by atoms with Gasteiger partial charge in [-0.1, -0.05) is 31.9 Å². The standard InChI is InChI=1S/C15H20Br2N2O/c1-18-6-5-14-4-2-3-7-19(14)15(20)11-8-12(16)10-13(17)9-11/h8-10,14,18H,2-7H2,1H3. The van der Waals surface area contributed by atoms with Gasteiger partial charge in [-0.2, -0.15) is 0 Å². The predicted octanol–water partition coefficient (Wildman–Crippen LogP) is 3.82. The second kappa shape index (κ2) is 7.57. The van der Waals surface area contributed by atoms with Crippen LogP contribution in [0.2, 0.25) is 0 Å². The lowest BCUT2D eigenvalue weighted by Crippen LogP contribution is -2.44. The van der Waals surface area contributed by atoms with Crippen molar-refractivity contribution >= 4 is 37.8 Å². The molecule has 1 aliphatic rings. The quantitative estimate of drug-likeness (QED) is 0.828. The van der Waals surface area contributed by atoms with E-state index in [1.165, 1.54) is 6.42 Å². The third-order valence-electron chi connectivity index (χ3n) is 3.73. The Morgan fingerprint density at radius 3 is 2.65 bits per heavy atom. The average molecular weight is 404 g/mol. The van der Waals surface area contributed by atoms with Crippen LogP contribution in [0.15, 0.2) is 27.1 Å². The molecule has 110 valence electrons. The summed E-state index contributed by atoms with van der Waals surface area (Å²) in [6, 6.07) is 6.11. The number of hydrogen-bond donors (Lipinski definition) is 1. The molecule has 1 saturated heterocycles. The summed E-state index contributed by atoms with van der Waals surface area (Å²) in [6.45, 7) is 1.83. The smallest absolute Gasteiger partial charge is 0.254 e. The summed E-state index contributed by atoms with van der Waals surface area (Å²) >= 11 is 6.90. The lowest BCUT2D eigenvalue weighted by molar-refractivity contribution is 0.0602. The van der Waals surface area contributed by atoms with Gasteiger partial charge in [0.2, 0.25) is 0 Å². The van der Waals surface area contributed by atoms with E-state index in [0.29, 0.717) is 6.04 Å². The van der Waals surface area contributed by atoms with Crippen molar-refractivity contribution in [1.82, 2.24) is 10.2 Å². The third kappa shape index (κ3) is 4.06. The molecule has 0 aliphatic carbocycles. The van der Waals surface area contributed by atoms with E-state index in [1.54, 1.807) is 0 Å². The molecule has 20 heavy (non-hydrogen) atoms. The van der Waals surface area contributed by atoms with Crippen molar-refractivity contribution < 1.29 is 4.79 Å². The topological polar surface area (TPSA) is 32.3 Å². The van der Waals surface area contributed by atoms with Crippen LogP contribution in [0.3, 0.4) is 0 Å². The normalized spacial score (nSPS) is 19.1. The van der Waals surface area contributed by atoms with E-state index in [1.807, 2.05) is 25.2 Å². The van der Waals surface area contributed by atoms with E-state index >= 15 is 0 Å². The molecule has 0 spiro atoms. The van der Waals surface area contributed by atoms with Crippen molar-refractivity contribution in [3.8, 4) is 0 Å². The summed E-state index contributed by atoms with van der Waals surface area (Å²) in [5.74, 6) is 0.146. The summed E-state index contributed by atoms with van der Waals surface area (Å²) < 4.78 is 1.86. The van der Waals surface area contributed by atoms with Crippen molar-refractivity contribution in [2.45, 2.75) is 31.7 Å². The maximum atomic E-state index is 12.7. The molecule has 0 saturated carbocycles. The molecule has 1 fully saturated rings. The minimum absolute atomic E-state index is 0.146. The highest BCUT2D eigenvalue weighted by molar-refractivity contribution is 9.11. The highest BCUT2D eigenvalue weighted by Crippen LogP contribution is 2.25. The molecule has 0 bridgehead atoms. The first-order valence-electron chi connectivity index (χ1n) is 7.03. The van der Waals surface area contributed by atoms with Gasteiger partial charge in [-0.3, -0.25) is 4.79 Å². The van der Waals surface area contributed by atoms with E-state index < -0.39 is 0 Å². The number of halogens is 2.